The third kappa shape index (κ3) is 6.79. The Kier molecular flexibility index (Phi) is 8.46. The molecule has 3 amide bonds. The van der Waals surface area contributed by atoms with E-state index in [9.17, 15) is 14.4 Å². The van der Waals surface area contributed by atoms with Gasteiger partial charge in [0.1, 0.15) is 6.04 Å². The number of nitrogens with one attached hydrogen (secondary N) is 1. The highest BCUT2D eigenvalue weighted by atomic mass is 16.2. The second-order valence-corrected chi connectivity index (χ2v) is 8.99. The molecule has 2 aliphatic rings. The second kappa shape index (κ2) is 11.3. The standard InChI is InChI=1S/C24H36N4O3/c1-19(2)23(25-21(29)17-20-9-5-3-6-10-20)24(31)28-15-13-26(14-16-28)18-22(30)27-11-7-4-8-12-27/h3,5-6,9-10,19,23H,4,7-8,11-18H2,1-2H3,(H,25,29). The first-order valence-electron chi connectivity index (χ1n) is 11.6. The molecule has 0 aromatic heterocycles. The van der Waals surface area contributed by atoms with E-state index < -0.39 is 6.04 Å². The Labute approximate surface area is 185 Å². The van der Waals surface area contributed by atoms with Crippen LogP contribution in [0.25, 0.3) is 0 Å². The maximum Gasteiger partial charge on any atom is 0.245 e. The molecule has 7 heteroatoms. The number of benzene rings is 1. The maximum absolute atomic E-state index is 13.1. The van der Waals surface area contributed by atoms with Gasteiger partial charge in [0.2, 0.25) is 17.7 Å². The van der Waals surface area contributed by atoms with Gasteiger partial charge in [0, 0.05) is 39.3 Å². The van der Waals surface area contributed by atoms with E-state index in [4.69, 9.17) is 0 Å². The third-order valence-electron chi connectivity index (χ3n) is 6.21. The van der Waals surface area contributed by atoms with E-state index >= 15 is 0 Å². The molecule has 2 aliphatic heterocycles. The number of piperazine rings is 1. The summed E-state index contributed by atoms with van der Waals surface area (Å²) in [7, 11) is 0. The normalized spacial score (nSPS) is 18.7. The Bertz CT molecular complexity index is 738. The molecular formula is C24H36N4O3. The minimum absolute atomic E-state index is 0.00549. The predicted octanol–water partition coefficient (Wildman–Crippen LogP) is 1.53. The van der Waals surface area contributed by atoms with E-state index in [0.717, 1.165) is 31.5 Å². The lowest BCUT2D eigenvalue weighted by molar-refractivity contribution is -0.140. The van der Waals surface area contributed by atoms with Crippen molar-refractivity contribution in [2.45, 2.75) is 45.6 Å². The zero-order valence-electron chi connectivity index (χ0n) is 18.9. The lowest BCUT2D eigenvalue weighted by Crippen LogP contribution is -2.57. The van der Waals surface area contributed by atoms with E-state index in [1.807, 2.05) is 54.0 Å². The highest BCUT2D eigenvalue weighted by molar-refractivity contribution is 5.88. The summed E-state index contributed by atoms with van der Waals surface area (Å²) >= 11 is 0. The van der Waals surface area contributed by atoms with E-state index in [1.165, 1.54) is 6.42 Å². The molecule has 0 spiro atoms. The van der Waals surface area contributed by atoms with Crippen molar-refractivity contribution in [3.8, 4) is 0 Å². The number of nitrogens with zero attached hydrogens (tertiary/aromatic N) is 3. The minimum Gasteiger partial charge on any atom is -0.344 e. The van der Waals surface area contributed by atoms with Gasteiger partial charge in [0.15, 0.2) is 0 Å². The lowest BCUT2D eigenvalue weighted by Gasteiger charge is -2.38. The van der Waals surface area contributed by atoms with Crippen LogP contribution in [0.2, 0.25) is 0 Å². The summed E-state index contributed by atoms with van der Waals surface area (Å²) in [4.78, 5) is 44.1. The molecule has 7 nitrogen and oxygen atoms in total. The Balaban J connectivity index is 1.47. The van der Waals surface area contributed by atoms with Gasteiger partial charge in [0.25, 0.3) is 0 Å². The van der Waals surface area contributed by atoms with Crippen LogP contribution in [-0.2, 0) is 20.8 Å². The highest BCUT2D eigenvalue weighted by Crippen LogP contribution is 2.13. The molecule has 0 saturated carbocycles. The summed E-state index contributed by atoms with van der Waals surface area (Å²) in [6.45, 7) is 8.64. The van der Waals surface area contributed by atoms with Crippen LogP contribution in [0.15, 0.2) is 30.3 Å². The average Bonchev–Trinajstić information content (AvgIpc) is 2.78. The highest BCUT2D eigenvalue weighted by Gasteiger charge is 2.31. The Hall–Kier alpha value is -2.41. The number of amides is 3. The largest absolute Gasteiger partial charge is 0.344 e. The molecule has 1 unspecified atom stereocenters. The van der Waals surface area contributed by atoms with Crippen molar-refractivity contribution in [3.05, 3.63) is 35.9 Å². The average molecular weight is 429 g/mol. The summed E-state index contributed by atoms with van der Waals surface area (Å²) in [6, 6.07) is 9.03. The quantitative estimate of drug-likeness (QED) is 0.715. The summed E-state index contributed by atoms with van der Waals surface area (Å²) in [5.74, 6) is 0.0427. The molecule has 0 radical (unpaired) electrons. The molecule has 170 valence electrons. The molecule has 1 aromatic carbocycles. The second-order valence-electron chi connectivity index (χ2n) is 8.99. The van der Waals surface area contributed by atoms with Crippen LogP contribution >= 0.6 is 0 Å². The molecule has 2 fully saturated rings. The van der Waals surface area contributed by atoms with Gasteiger partial charge in [-0.25, -0.2) is 0 Å². The number of rotatable bonds is 7. The molecule has 1 N–H and O–H groups in total. The Morgan fingerprint density at radius 2 is 1.52 bits per heavy atom. The SMILES string of the molecule is CC(C)C(NC(=O)Cc1ccccc1)C(=O)N1CCN(CC(=O)N2CCCCC2)CC1. The molecule has 1 aromatic rings. The number of carbonyl (C=O) groups excluding carboxylic acids is 3. The smallest absolute Gasteiger partial charge is 0.245 e. The first kappa shape index (κ1) is 23.3. The summed E-state index contributed by atoms with van der Waals surface area (Å²) in [5.41, 5.74) is 0.932. The molecular weight excluding hydrogens is 392 g/mol. The molecule has 2 saturated heterocycles. The van der Waals surface area contributed by atoms with Crippen molar-refractivity contribution in [1.29, 1.82) is 0 Å². The Morgan fingerprint density at radius 3 is 2.13 bits per heavy atom. The van der Waals surface area contributed by atoms with Crippen LogP contribution < -0.4 is 5.32 Å². The molecule has 3 rings (SSSR count). The first-order chi connectivity index (χ1) is 14.9. The summed E-state index contributed by atoms with van der Waals surface area (Å²) in [5, 5.41) is 2.94. The number of hydrogen-bond acceptors (Lipinski definition) is 4. The van der Waals surface area contributed by atoms with Gasteiger partial charge < -0.3 is 15.1 Å². The third-order valence-corrected chi connectivity index (χ3v) is 6.21. The van der Waals surface area contributed by atoms with Gasteiger partial charge in [-0.1, -0.05) is 44.2 Å². The van der Waals surface area contributed by atoms with Crippen LogP contribution in [0.4, 0.5) is 0 Å². The zero-order chi connectivity index (χ0) is 22.2. The number of hydrogen-bond donors (Lipinski definition) is 1. The minimum atomic E-state index is -0.530. The zero-order valence-corrected chi connectivity index (χ0v) is 18.9. The van der Waals surface area contributed by atoms with Crippen molar-refractivity contribution >= 4 is 17.7 Å². The van der Waals surface area contributed by atoms with Crippen LogP contribution in [-0.4, -0.2) is 84.3 Å². The molecule has 1 atom stereocenters. The number of piperidine rings is 1. The fourth-order valence-corrected chi connectivity index (χ4v) is 4.28. The van der Waals surface area contributed by atoms with Gasteiger partial charge in [-0.3, -0.25) is 19.3 Å². The fraction of sp³-hybridized carbons (Fsp3) is 0.625. The molecule has 0 bridgehead atoms. The van der Waals surface area contributed by atoms with Gasteiger partial charge in [-0.15, -0.1) is 0 Å². The van der Waals surface area contributed by atoms with E-state index in [-0.39, 0.29) is 30.1 Å². The monoisotopic (exact) mass is 428 g/mol. The fourth-order valence-electron chi connectivity index (χ4n) is 4.28. The number of carbonyl (C=O) groups is 3. The van der Waals surface area contributed by atoms with E-state index in [2.05, 4.69) is 10.2 Å². The predicted molar refractivity (Wildman–Crippen MR) is 120 cm³/mol. The molecule has 0 aliphatic carbocycles. The van der Waals surface area contributed by atoms with Crippen LogP contribution in [0, 0.1) is 5.92 Å². The topological polar surface area (TPSA) is 73.0 Å². The van der Waals surface area contributed by atoms with Gasteiger partial charge in [-0.05, 0) is 30.7 Å². The molecule has 31 heavy (non-hydrogen) atoms. The van der Waals surface area contributed by atoms with Gasteiger partial charge in [-0.2, -0.15) is 0 Å². The van der Waals surface area contributed by atoms with Crippen molar-refractivity contribution in [2.75, 3.05) is 45.8 Å². The van der Waals surface area contributed by atoms with E-state index in [0.29, 0.717) is 32.7 Å². The van der Waals surface area contributed by atoms with Gasteiger partial charge in [0.05, 0.1) is 13.0 Å². The van der Waals surface area contributed by atoms with E-state index in [1.54, 1.807) is 0 Å². The van der Waals surface area contributed by atoms with Crippen molar-refractivity contribution < 1.29 is 14.4 Å². The summed E-state index contributed by atoms with van der Waals surface area (Å²) < 4.78 is 0. The van der Waals surface area contributed by atoms with Crippen LogP contribution in [0.3, 0.4) is 0 Å². The van der Waals surface area contributed by atoms with Crippen molar-refractivity contribution in [3.63, 3.8) is 0 Å². The summed E-state index contributed by atoms with van der Waals surface area (Å²) in [6.07, 6.45) is 3.68. The Morgan fingerprint density at radius 1 is 0.871 bits per heavy atom. The lowest BCUT2D eigenvalue weighted by atomic mass is 10.0. The van der Waals surface area contributed by atoms with Crippen LogP contribution in [0.1, 0.15) is 38.7 Å². The molecule has 2 heterocycles. The first-order valence-corrected chi connectivity index (χ1v) is 11.6. The maximum atomic E-state index is 13.1. The van der Waals surface area contributed by atoms with Gasteiger partial charge >= 0.3 is 0 Å². The van der Waals surface area contributed by atoms with Crippen molar-refractivity contribution in [1.82, 2.24) is 20.0 Å². The van der Waals surface area contributed by atoms with Crippen LogP contribution in [0.5, 0.6) is 0 Å². The number of likely N-dealkylation sites (tertiary alicyclic amines) is 1. The van der Waals surface area contributed by atoms with Crippen molar-refractivity contribution in [2.24, 2.45) is 5.92 Å².